The average molecular weight is 294 g/mol. The van der Waals surface area contributed by atoms with E-state index in [9.17, 15) is 0 Å². The van der Waals surface area contributed by atoms with Gasteiger partial charge in [-0.25, -0.2) is 0 Å². The zero-order chi connectivity index (χ0) is 14.1. The van der Waals surface area contributed by atoms with Crippen LogP contribution in [-0.2, 0) is 10.2 Å². The Labute approximate surface area is 126 Å². The summed E-state index contributed by atoms with van der Waals surface area (Å²) >= 11 is 6.48. The summed E-state index contributed by atoms with van der Waals surface area (Å²) < 4.78 is 5.54. The number of likely N-dealkylation sites (N-methyl/N-ethyl adjacent to an activating group) is 1. The molecule has 1 aromatic carbocycles. The van der Waals surface area contributed by atoms with Crippen molar-refractivity contribution in [3.63, 3.8) is 0 Å². The SMILES string of the molecule is CCNCC1(c2ccccc2Cl)CC2(CCOCC2)C1. The first-order chi connectivity index (χ1) is 9.70. The van der Waals surface area contributed by atoms with Crippen LogP contribution >= 0.6 is 11.6 Å². The lowest BCUT2D eigenvalue weighted by molar-refractivity contribution is -0.0735. The standard InChI is InChI=1S/C17H24ClNO/c1-2-19-13-17(14-5-3-4-6-15(14)18)11-16(12-17)7-9-20-10-8-16/h3-6,19H,2,7-13H2,1H3. The number of rotatable bonds is 4. The van der Waals surface area contributed by atoms with Crippen LogP contribution in [0.15, 0.2) is 24.3 Å². The monoisotopic (exact) mass is 293 g/mol. The zero-order valence-electron chi connectivity index (χ0n) is 12.3. The Morgan fingerprint density at radius 3 is 2.55 bits per heavy atom. The molecule has 0 radical (unpaired) electrons. The summed E-state index contributed by atoms with van der Waals surface area (Å²) in [5.41, 5.74) is 2.07. The molecule has 110 valence electrons. The first kappa shape index (κ1) is 14.4. The summed E-state index contributed by atoms with van der Waals surface area (Å²) in [7, 11) is 0. The summed E-state index contributed by atoms with van der Waals surface area (Å²) in [6.45, 7) is 6.08. The maximum Gasteiger partial charge on any atom is 0.0471 e. The van der Waals surface area contributed by atoms with Crippen molar-refractivity contribution in [2.24, 2.45) is 5.41 Å². The minimum atomic E-state index is 0.228. The van der Waals surface area contributed by atoms with Crippen molar-refractivity contribution in [3.05, 3.63) is 34.9 Å². The third kappa shape index (κ3) is 2.49. The van der Waals surface area contributed by atoms with Crippen molar-refractivity contribution in [2.75, 3.05) is 26.3 Å². The molecule has 1 aliphatic carbocycles. The van der Waals surface area contributed by atoms with Gasteiger partial charge in [0.2, 0.25) is 0 Å². The molecule has 3 heteroatoms. The van der Waals surface area contributed by atoms with Crippen molar-refractivity contribution in [1.29, 1.82) is 0 Å². The first-order valence-electron chi connectivity index (χ1n) is 7.73. The predicted octanol–water partition coefficient (Wildman–Crippen LogP) is 3.78. The van der Waals surface area contributed by atoms with Crippen LogP contribution in [0.1, 0.15) is 38.2 Å². The van der Waals surface area contributed by atoms with Gasteiger partial charge in [-0.05, 0) is 49.3 Å². The summed E-state index contributed by atoms with van der Waals surface area (Å²) in [5.74, 6) is 0. The summed E-state index contributed by atoms with van der Waals surface area (Å²) in [6, 6.07) is 8.38. The Morgan fingerprint density at radius 1 is 1.20 bits per heavy atom. The topological polar surface area (TPSA) is 21.3 Å². The van der Waals surface area contributed by atoms with Gasteiger partial charge in [0.15, 0.2) is 0 Å². The minimum absolute atomic E-state index is 0.228. The van der Waals surface area contributed by atoms with E-state index >= 15 is 0 Å². The Bertz CT molecular complexity index is 460. The molecule has 20 heavy (non-hydrogen) atoms. The van der Waals surface area contributed by atoms with Crippen LogP contribution < -0.4 is 5.32 Å². The third-order valence-corrected chi connectivity index (χ3v) is 5.47. The molecule has 3 rings (SSSR count). The van der Waals surface area contributed by atoms with E-state index in [-0.39, 0.29) is 5.41 Å². The molecule has 1 saturated heterocycles. The largest absolute Gasteiger partial charge is 0.381 e. The number of benzene rings is 1. The molecule has 2 fully saturated rings. The van der Waals surface area contributed by atoms with Gasteiger partial charge in [-0.15, -0.1) is 0 Å². The second-order valence-electron chi connectivity index (χ2n) is 6.51. The lowest BCUT2D eigenvalue weighted by Gasteiger charge is -2.58. The van der Waals surface area contributed by atoms with Crippen LogP contribution in [0.3, 0.4) is 0 Å². The van der Waals surface area contributed by atoms with Gasteiger partial charge >= 0.3 is 0 Å². The minimum Gasteiger partial charge on any atom is -0.381 e. The smallest absolute Gasteiger partial charge is 0.0471 e. The first-order valence-corrected chi connectivity index (χ1v) is 8.11. The van der Waals surface area contributed by atoms with Crippen LogP contribution in [0, 0.1) is 5.41 Å². The molecule has 1 saturated carbocycles. The van der Waals surface area contributed by atoms with Crippen LogP contribution in [0.2, 0.25) is 5.02 Å². The zero-order valence-corrected chi connectivity index (χ0v) is 13.0. The fourth-order valence-electron chi connectivity index (χ4n) is 4.21. The maximum atomic E-state index is 6.48. The van der Waals surface area contributed by atoms with Gasteiger partial charge in [0.25, 0.3) is 0 Å². The van der Waals surface area contributed by atoms with Crippen LogP contribution in [-0.4, -0.2) is 26.3 Å². The highest BCUT2D eigenvalue weighted by atomic mass is 35.5. The van der Waals surface area contributed by atoms with Crippen LogP contribution in [0.25, 0.3) is 0 Å². The predicted molar refractivity (Wildman–Crippen MR) is 83.4 cm³/mol. The molecule has 0 atom stereocenters. The molecule has 1 aromatic rings. The van der Waals surface area contributed by atoms with Gasteiger partial charge in [0, 0.05) is 30.2 Å². The van der Waals surface area contributed by atoms with Crippen molar-refractivity contribution in [3.8, 4) is 0 Å². The van der Waals surface area contributed by atoms with Crippen LogP contribution in [0.4, 0.5) is 0 Å². The molecule has 0 bridgehead atoms. The molecule has 1 aliphatic heterocycles. The quantitative estimate of drug-likeness (QED) is 0.912. The number of ether oxygens (including phenoxy) is 1. The molecule has 2 nitrogen and oxygen atoms in total. The van der Waals surface area contributed by atoms with Crippen molar-refractivity contribution in [2.45, 2.75) is 38.0 Å². The molecule has 0 aromatic heterocycles. The number of hydrogen-bond donors (Lipinski definition) is 1. The molecule has 1 N–H and O–H groups in total. The molecule has 0 amide bonds. The highest BCUT2D eigenvalue weighted by molar-refractivity contribution is 6.31. The lowest BCUT2D eigenvalue weighted by Crippen LogP contribution is -2.56. The molecular weight excluding hydrogens is 270 g/mol. The van der Waals surface area contributed by atoms with E-state index in [4.69, 9.17) is 16.3 Å². The summed E-state index contributed by atoms with van der Waals surface area (Å²) in [5, 5.41) is 4.47. The highest BCUT2D eigenvalue weighted by Crippen LogP contribution is 2.60. The van der Waals surface area contributed by atoms with E-state index in [0.29, 0.717) is 5.41 Å². The molecule has 0 unspecified atom stereocenters. The average Bonchev–Trinajstić information content (AvgIpc) is 2.44. The maximum absolute atomic E-state index is 6.48. The highest BCUT2D eigenvalue weighted by Gasteiger charge is 2.55. The number of nitrogens with one attached hydrogen (secondary N) is 1. The summed E-state index contributed by atoms with van der Waals surface area (Å²) in [6.07, 6.45) is 4.93. The van der Waals surface area contributed by atoms with Gasteiger partial charge < -0.3 is 10.1 Å². The van der Waals surface area contributed by atoms with Gasteiger partial charge in [-0.2, -0.15) is 0 Å². The summed E-state index contributed by atoms with van der Waals surface area (Å²) in [4.78, 5) is 0. The Kier molecular flexibility index (Phi) is 4.07. The van der Waals surface area contributed by atoms with Crippen molar-refractivity contribution >= 4 is 11.6 Å². The molecule has 1 heterocycles. The van der Waals surface area contributed by atoms with E-state index < -0.39 is 0 Å². The normalized spacial score (nSPS) is 23.5. The Hall–Kier alpha value is -0.570. The molecule has 2 aliphatic rings. The number of halogens is 1. The Morgan fingerprint density at radius 2 is 1.90 bits per heavy atom. The lowest BCUT2D eigenvalue weighted by atomic mass is 9.48. The molecule has 1 spiro atoms. The van der Waals surface area contributed by atoms with Crippen molar-refractivity contribution < 1.29 is 4.74 Å². The van der Waals surface area contributed by atoms with E-state index in [0.717, 1.165) is 31.3 Å². The van der Waals surface area contributed by atoms with E-state index in [1.54, 1.807) is 0 Å². The fourth-order valence-corrected chi connectivity index (χ4v) is 4.54. The van der Waals surface area contributed by atoms with E-state index in [1.807, 2.05) is 12.1 Å². The van der Waals surface area contributed by atoms with Gasteiger partial charge in [0.05, 0.1) is 0 Å². The van der Waals surface area contributed by atoms with Crippen molar-refractivity contribution in [1.82, 2.24) is 5.32 Å². The fraction of sp³-hybridized carbons (Fsp3) is 0.647. The third-order valence-electron chi connectivity index (χ3n) is 5.14. The van der Waals surface area contributed by atoms with E-state index in [1.165, 1.54) is 31.2 Å². The molecular formula is C17H24ClNO. The number of hydrogen-bond acceptors (Lipinski definition) is 2. The van der Waals surface area contributed by atoms with Gasteiger partial charge in [0.1, 0.15) is 0 Å². The van der Waals surface area contributed by atoms with Gasteiger partial charge in [-0.3, -0.25) is 0 Å². The second kappa shape index (κ2) is 5.67. The van der Waals surface area contributed by atoms with Crippen LogP contribution in [0.5, 0.6) is 0 Å². The Balaban J connectivity index is 1.83. The van der Waals surface area contributed by atoms with E-state index in [2.05, 4.69) is 24.4 Å². The second-order valence-corrected chi connectivity index (χ2v) is 6.91. The van der Waals surface area contributed by atoms with Gasteiger partial charge in [-0.1, -0.05) is 36.7 Å².